The van der Waals surface area contributed by atoms with Crippen LogP contribution < -0.4 is 9.47 Å². The first-order valence-corrected chi connectivity index (χ1v) is 9.19. The number of ether oxygens (including phenoxy) is 2. The zero-order valence-corrected chi connectivity index (χ0v) is 15.2. The first kappa shape index (κ1) is 18.0. The Labute approximate surface area is 162 Å². The van der Waals surface area contributed by atoms with Crippen molar-refractivity contribution in [3.63, 3.8) is 0 Å². The van der Waals surface area contributed by atoms with Gasteiger partial charge in [-0.05, 0) is 48.6 Å². The number of aromatic nitrogens is 2. The van der Waals surface area contributed by atoms with Gasteiger partial charge in [-0.3, -0.25) is 0 Å². The Morgan fingerprint density at radius 2 is 1.82 bits per heavy atom. The van der Waals surface area contributed by atoms with Crippen molar-refractivity contribution >= 4 is 5.97 Å². The highest BCUT2D eigenvalue weighted by atomic mass is 16.5. The molecule has 0 aliphatic heterocycles. The molecule has 1 aromatic carbocycles. The molecule has 0 unspecified atom stereocenters. The van der Waals surface area contributed by atoms with Gasteiger partial charge in [-0.15, -0.1) is 0 Å². The van der Waals surface area contributed by atoms with Crippen LogP contribution in [0.15, 0.2) is 60.8 Å². The smallest absolute Gasteiger partial charge is 0.335 e. The Balaban J connectivity index is 1.38. The predicted octanol–water partition coefficient (Wildman–Crippen LogP) is 4.21. The third-order valence-corrected chi connectivity index (χ3v) is 4.51. The van der Waals surface area contributed by atoms with Crippen LogP contribution in [0.5, 0.6) is 11.8 Å². The molecule has 3 aromatic rings. The Hall–Kier alpha value is -3.41. The highest BCUT2D eigenvalue weighted by Gasteiger charge is 2.22. The number of carboxylic acids is 1. The lowest BCUT2D eigenvalue weighted by atomic mass is 10.1. The largest absolute Gasteiger partial charge is 0.478 e. The first-order valence-electron chi connectivity index (χ1n) is 9.19. The second-order valence-corrected chi connectivity index (χ2v) is 6.79. The van der Waals surface area contributed by atoms with Crippen LogP contribution in [0.4, 0.5) is 0 Å². The van der Waals surface area contributed by atoms with E-state index in [-0.39, 0.29) is 5.56 Å². The van der Waals surface area contributed by atoms with Crippen LogP contribution in [0.2, 0.25) is 0 Å². The minimum atomic E-state index is -0.945. The van der Waals surface area contributed by atoms with E-state index in [1.807, 2.05) is 24.3 Å². The number of benzene rings is 1. The van der Waals surface area contributed by atoms with Crippen molar-refractivity contribution in [2.45, 2.75) is 19.4 Å². The molecule has 0 atom stereocenters. The van der Waals surface area contributed by atoms with E-state index >= 15 is 0 Å². The monoisotopic (exact) mass is 376 g/mol. The molecule has 2 aromatic heterocycles. The van der Waals surface area contributed by atoms with Gasteiger partial charge in [0.15, 0.2) is 0 Å². The van der Waals surface area contributed by atoms with Crippen LogP contribution in [0, 0.1) is 5.92 Å². The number of rotatable bonds is 8. The summed E-state index contributed by atoms with van der Waals surface area (Å²) in [5, 5.41) is 8.94. The second kappa shape index (κ2) is 8.08. The summed E-state index contributed by atoms with van der Waals surface area (Å²) in [6, 6.07) is 15.9. The van der Waals surface area contributed by atoms with Gasteiger partial charge in [0.05, 0.1) is 17.9 Å². The molecule has 28 heavy (non-hydrogen) atoms. The fourth-order valence-corrected chi connectivity index (χ4v) is 2.66. The minimum absolute atomic E-state index is 0.251. The van der Waals surface area contributed by atoms with Gasteiger partial charge in [0, 0.05) is 23.9 Å². The summed E-state index contributed by atoms with van der Waals surface area (Å²) in [5.41, 5.74) is 2.77. The maximum absolute atomic E-state index is 10.9. The fraction of sp³-hybridized carbons (Fsp3) is 0.227. The van der Waals surface area contributed by atoms with Gasteiger partial charge in [0.25, 0.3) is 0 Å². The summed E-state index contributed by atoms with van der Waals surface area (Å²) < 4.78 is 11.4. The van der Waals surface area contributed by atoms with Gasteiger partial charge in [-0.25, -0.2) is 14.8 Å². The van der Waals surface area contributed by atoms with Gasteiger partial charge >= 0.3 is 5.97 Å². The SMILES string of the molecule is O=C(O)c1ccc(COc2cccc(-c3ccc(OCC4CC4)nc3)n2)cc1. The maximum Gasteiger partial charge on any atom is 0.335 e. The number of hydrogen-bond acceptors (Lipinski definition) is 5. The number of hydrogen-bond donors (Lipinski definition) is 1. The topological polar surface area (TPSA) is 81.5 Å². The van der Waals surface area contributed by atoms with Crippen LogP contribution >= 0.6 is 0 Å². The number of carboxylic acid groups (broad SMARTS) is 1. The molecule has 6 nitrogen and oxygen atoms in total. The maximum atomic E-state index is 10.9. The second-order valence-electron chi connectivity index (χ2n) is 6.79. The van der Waals surface area contributed by atoms with Gasteiger partial charge in [0.1, 0.15) is 6.61 Å². The Bertz CT molecular complexity index is 951. The van der Waals surface area contributed by atoms with E-state index in [1.54, 1.807) is 36.5 Å². The molecule has 0 bridgehead atoms. The van der Waals surface area contributed by atoms with Crippen molar-refractivity contribution < 1.29 is 19.4 Å². The quantitative estimate of drug-likeness (QED) is 0.634. The predicted molar refractivity (Wildman–Crippen MR) is 103 cm³/mol. The third kappa shape index (κ3) is 4.65. The molecule has 1 aliphatic carbocycles. The molecule has 0 amide bonds. The van der Waals surface area contributed by atoms with Crippen LogP contribution in [-0.2, 0) is 6.61 Å². The number of aromatic carboxylic acids is 1. The molecular weight excluding hydrogens is 356 g/mol. The van der Waals surface area contributed by atoms with E-state index in [2.05, 4.69) is 9.97 Å². The van der Waals surface area contributed by atoms with Crippen LogP contribution in [0.3, 0.4) is 0 Å². The van der Waals surface area contributed by atoms with Crippen molar-refractivity contribution in [3.05, 3.63) is 71.9 Å². The molecular formula is C22H20N2O4. The molecule has 4 rings (SSSR count). The van der Waals surface area contributed by atoms with Gasteiger partial charge in [-0.1, -0.05) is 18.2 Å². The number of nitrogens with zero attached hydrogens (tertiary/aromatic N) is 2. The normalized spacial score (nSPS) is 13.1. The molecule has 0 spiro atoms. The van der Waals surface area contributed by atoms with E-state index in [1.165, 1.54) is 12.8 Å². The number of carbonyl (C=O) groups is 1. The fourth-order valence-electron chi connectivity index (χ4n) is 2.66. The Morgan fingerprint density at radius 3 is 2.50 bits per heavy atom. The van der Waals surface area contributed by atoms with E-state index in [0.29, 0.717) is 24.3 Å². The summed E-state index contributed by atoms with van der Waals surface area (Å²) in [6.45, 7) is 1.05. The van der Waals surface area contributed by atoms with Crippen LogP contribution in [-0.4, -0.2) is 27.7 Å². The summed E-state index contributed by atoms with van der Waals surface area (Å²) in [5.74, 6) is 0.874. The third-order valence-electron chi connectivity index (χ3n) is 4.51. The standard InChI is InChI=1S/C22H20N2O4/c25-22(26)17-8-6-16(7-9-17)14-28-21-3-1-2-19(24-21)18-10-11-20(23-12-18)27-13-15-4-5-15/h1-3,6-12,15H,4-5,13-14H2,(H,25,26). The molecule has 1 fully saturated rings. The van der Waals surface area contributed by atoms with Gasteiger partial charge < -0.3 is 14.6 Å². The van der Waals surface area contributed by atoms with Crippen molar-refractivity contribution in [2.24, 2.45) is 5.92 Å². The summed E-state index contributed by atoms with van der Waals surface area (Å²) >= 11 is 0. The van der Waals surface area contributed by atoms with Crippen LogP contribution in [0.25, 0.3) is 11.3 Å². The molecule has 1 aliphatic rings. The molecule has 0 radical (unpaired) electrons. The average molecular weight is 376 g/mol. The average Bonchev–Trinajstić information content (AvgIpc) is 3.56. The zero-order valence-electron chi connectivity index (χ0n) is 15.2. The molecule has 0 saturated heterocycles. The molecule has 6 heteroatoms. The molecule has 142 valence electrons. The van der Waals surface area contributed by atoms with Gasteiger partial charge in [0.2, 0.25) is 11.8 Å². The Kier molecular flexibility index (Phi) is 5.19. The highest BCUT2D eigenvalue weighted by molar-refractivity contribution is 5.87. The molecule has 2 heterocycles. The lowest BCUT2D eigenvalue weighted by Crippen LogP contribution is -2.01. The zero-order chi connectivity index (χ0) is 19.3. The van der Waals surface area contributed by atoms with Crippen molar-refractivity contribution in [2.75, 3.05) is 6.61 Å². The number of pyridine rings is 2. The summed E-state index contributed by atoms with van der Waals surface area (Å²) in [7, 11) is 0. The van der Waals surface area contributed by atoms with Gasteiger partial charge in [-0.2, -0.15) is 0 Å². The lowest BCUT2D eigenvalue weighted by molar-refractivity contribution is 0.0697. The molecule has 1 N–H and O–H groups in total. The summed E-state index contributed by atoms with van der Waals surface area (Å²) in [6.07, 6.45) is 4.25. The van der Waals surface area contributed by atoms with E-state index in [0.717, 1.165) is 23.4 Å². The lowest BCUT2D eigenvalue weighted by Gasteiger charge is -2.08. The van der Waals surface area contributed by atoms with E-state index < -0.39 is 5.97 Å². The Morgan fingerprint density at radius 1 is 1.00 bits per heavy atom. The van der Waals surface area contributed by atoms with Crippen LogP contribution in [0.1, 0.15) is 28.8 Å². The first-order chi connectivity index (χ1) is 13.7. The molecule has 1 saturated carbocycles. The van der Waals surface area contributed by atoms with Crippen molar-refractivity contribution in [3.8, 4) is 23.0 Å². The van der Waals surface area contributed by atoms with E-state index in [4.69, 9.17) is 14.6 Å². The minimum Gasteiger partial charge on any atom is -0.478 e. The van der Waals surface area contributed by atoms with Crippen molar-refractivity contribution in [1.82, 2.24) is 9.97 Å². The highest BCUT2D eigenvalue weighted by Crippen LogP contribution is 2.29. The van der Waals surface area contributed by atoms with E-state index in [9.17, 15) is 4.79 Å². The summed E-state index contributed by atoms with van der Waals surface area (Å²) in [4.78, 5) is 19.8. The van der Waals surface area contributed by atoms with Crippen molar-refractivity contribution in [1.29, 1.82) is 0 Å².